The summed E-state index contributed by atoms with van der Waals surface area (Å²) in [6.07, 6.45) is 3.39. The molecule has 0 saturated carbocycles. The molecule has 2 heterocycles. The zero-order valence-electron chi connectivity index (χ0n) is 19.4. The van der Waals surface area contributed by atoms with Crippen molar-refractivity contribution in [1.29, 1.82) is 0 Å². The molecule has 192 valence electrons. The molecule has 0 unspecified atom stereocenters. The van der Waals surface area contributed by atoms with E-state index in [1.54, 1.807) is 42.6 Å². The van der Waals surface area contributed by atoms with Crippen LogP contribution >= 0.6 is 50.9 Å². The second-order valence-electron chi connectivity index (χ2n) is 8.37. The molecule has 3 amide bonds. The van der Waals surface area contributed by atoms with E-state index in [9.17, 15) is 18.8 Å². The third-order valence-electron chi connectivity index (χ3n) is 5.87. The maximum absolute atomic E-state index is 14.4. The number of carbonyl (C=O) groups is 3. The van der Waals surface area contributed by atoms with Crippen molar-refractivity contribution in [3.8, 4) is 0 Å². The second kappa shape index (κ2) is 10.9. The fourth-order valence-corrected chi connectivity index (χ4v) is 5.55. The minimum Gasteiger partial charge on any atom is -0.342 e. The number of amides is 3. The number of halogens is 4. The Hall–Kier alpha value is -3.11. The molecule has 1 N–H and O–H groups in total. The number of nitrogens with one attached hydrogen (secondary N) is 1. The number of hydrogen-bond acceptors (Lipinski definition) is 4. The largest absolute Gasteiger partial charge is 0.342 e. The molecule has 4 aromatic rings. The molecule has 5 rings (SSSR count). The molecular formula is C27H17BrCl2FN3O3S. The van der Waals surface area contributed by atoms with Crippen LogP contribution in [0.5, 0.6) is 0 Å². The van der Waals surface area contributed by atoms with E-state index in [0.29, 0.717) is 31.3 Å². The molecule has 1 aromatic heterocycles. The van der Waals surface area contributed by atoms with E-state index in [1.165, 1.54) is 6.07 Å². The first-order chi connectivity index (χ1) is 18.2. The van der Waals surface area contributed by atoms with Crippen LogP contribution in [0.25, 0.3) is 17.0 Å². The Balaban J connectivity index is 1.38. The number of anilines is 1. The highest BCUT2D eigenvalue weighted by Gasteiger charge is 2.36. The lowest BCUT2D eigenvalue weighted by Crippen LogP contribution is -2.36. The number of benzene rings is 3. The van der Waals surface area contributed by atoms with Gasteiger partial charge in [0.15, 0.2) is 0 Å². The zero-order chi connectivity index (χ0) is 27.0. The molecule has 3 aromatic carbocycles. The predicted octanol–water partition coefficient (Wildman–Crippen LogP) is 7.57. The molecule has 0 radical (unpaired) electrons. The molecule has 1 aliphatic heterocycles. The molecular weight excluding hydrogens is 616 g/mol. The van der Waals surface area contributed by atoms with E-state index in [2.05, 4.69) is 21.2 Å². The number of imide groups is 1. The van der Waals surface area contributed by atoms with Gasteiger partial charge in [0, 0.05) is 43.4 Å². The van der Waals surface area contributed by atoms with Crippen LogP contribution in [0, 0.1) is 5.82 Å². The monoisotopic (exact) mass is 631 g/mol. The van der Waals surface area contributed by atoms with Gasteiger partial charge in [0.2, 0.25) is 5.91 Å². The Kier molecular flexibility index (Phi) is 7.63. The number of thioether (sulfide) groups is 1. The lowest BCUT2D eigenvalue weighted by molar-refractivity contribution is -0.127. The summed E-state index contributed by atoms with van der Waals surface area (Å²) in [5.41, 5.74) is 2.27. The van der Waals surface area contributed by atoms with Gasteiger partial charge >= 0.3 is 0 Å². The number of nitrogens with zero attached hydrogens (tertiary/aromatic N) is 2. The molecule has 1 saturated heterocycles. The number of fused-ring (bicyclic) bond motifs is 1. The van der Waals surface area contributed by atoms with Crippen molar-refractivity contribution in [1.82, 2.24) is 9.47 Å². The minimum absolute atomic E-state index is 0.182. The van der Waals surface area contributed by atoms with E-state index >= 15 is 0 Å². The number of carbonyl (C=O) groups excluding carboxylic acids is 3. The van der Waals surface area contributed by atoms with Gasteiger partial charge in [-0.05, 0) is 70.2 Å². The maximum Gasteiger partial charge on any atom is 0.294 e. The van der Waals surface area contributed by atoms with Crippen molar-refractivity contribution in [2.24, 2.45) is 0 Å². The van der Waals surface area contributed by atoms with E-state index in [1.807, 2.05) is 28.8 Å². The van der Waals surface area contributed by atoms with Crippen molar-refractivity contribution in [2.45, 2.75) is 6.54 Å². The summed E-state index contributed by atoms with van der Waals surface area (Å²) in [5.74, 6) is -1.52. The Morgan fingerprint density at radius 3 is 2.61 bits per heavy atom. The van der Waals surface area contributed by atoms with Crippen LogP contribution in [0.2, 0.25) is 10.0 Å². The summed E-state index contributed by atoms with van der Waals surface area (Å²) in [5, 5.41) is 3.63. The smallest absolute Gasteiger partial charge is 0.294 e. The zero-order valence-corrected chi connectivity index (χ0v) is 23.3. The summed E-state index contributed by atoms with van der Waals surface area (Å²) in [4.78, 5) is 39.3. The topological polar surface area (TPSA) is 71.4 Å². The molecule has 6 nitrogen and oxygen atoms in total. The summed E-state index contributed by atoms with van der Waals surface area (Å²) >= 11 is 16.3. The van der Waals surface area contributed by atoms with E-state index < -0.39 is 29.4 Å². The van der Waals surface area contributed by atoms with Gasteiger partial charge in [0.05, 0.1) is 16.5 Å². The molecule has 0 spiro atoms. The second-order valence-corrected chi connectivity index (χ2v) is 11.0. The van der Waals surface area contributed by atoms with Gasteiger partial charge in [-0.3, -0.25) is 19.3 Å². The van der Waals surface area contributed by atoms with Crippen LogP contribution in [0.1, 0.15) is 11.1 Å². The highest BCUT2D eigenvalue weighted by atomic mass is 79.9. The average Bonchev–Trinajstić information content (AvgIpc) is 3.35. The molecule has 0 aliphatic carbocycles. The SMILES string of the molecule is O=C(CN1C(=O)S/C(=C/c2cn(Cc3c(F)cccc3Cl)c3ccccc23)C1=O)Nc1ccc(Br)c(Cl)c1. The van der Waals surface area contributed by atoms with Crippen LogP contribution < -0.4 is 5.32 Å². The van der Waals surface area contributed by atoms with Crippen LogP contribution in [0.3, 0.4) is 0 Å². The summed E-state index contributed by atoms with van der Waals surface area (Å²) < 4.78 is 17.0. The first-order valence-electron chi connectivity index (χ1n) is 11.2. The van der Waals surface area contributed by atoms with Gasteiger partial charge < -0.3 is 9.88 Å². The summed E-state index contributed by atoms with van der Waals surface area (Å²) in [7, 11) is 0. The van der Waals surface area contributed by atoms with Crippen molar-refractivity contribution < 1.29 is 18.8 Å². The lowest BCUT2D eigenvalue weighted by Gasteiger charge is -2.12. The predicted molar refractivity (Wildman–Crippen MR) is 153 cm³/mol. The number of hydrogen-bond donors (Lipinski definition) is 1. The summed E-state index contributed by atoms with van der Waals surface area (Å²) in [6, 6.07) is 16.9. The first kappa shape index (κ1) is 26.5. The van der Waals surface area contributed by atoms with E-state index in [4.69, 9.17) is 23.2 Å². The van der Waals surface area contributed by atoms with Crippen molar-refractivity contribution in [3.63, 3.8) is 0 Å². The van der Waals surface area contributed by atoms with Gasteiger partial charge in [-0.1, -0.05) is 47.5 Å². The van der Waals surface area contributed by atoms with Gasteiger partial charge in [0.1, 0.15) is 12.4 Å². The Morgan fingerprint density at radius 2 is 1.84 bits per heavy atom. The van der Waals surface area contributed by atoms with Crippen molar-refractivity contribution in [3.05, 3.63) is 103 Å². The van der Waals surface area contributed by atoms with Crippen LogP contribution in [0.4, 0.5) is 14.9 Å². The molecule has 0 atom stereocenters. The summed E-state index contributed by atoms with van der Waals surface area (Å²) in [6.45, 7) is -0.259. The molecule has 38 heavy (non-hydrogen) atoms. The minimum atomic E-state index is -0.571. The van der Waals surface area contributed by atoms with Crippen LogP contribution in [-0.2, 0) is 16.1 Å². The number of aromatic nitrogens is 1. The maximum atomic E-state index is 14.4. The van der Waals surface area contributed by atoms with Gasteiger partial charge in [-0.15, -0.1) is 0 Å². The van der Waals surface area contributed by atoms with Gasteiger partial charge in [0.25, 0.3) is 11.1 Å². The van der Waals surface area contributed by atoms with Crippen molar-refractivity contribution >= 4 is 90.6 Å². The Bertz CT molecular complexity index is 1640. The van der Waals surface area contributed by atoms with E-state index in [-0.39, 0.29) is 11.4 Å². The average molecular weight is 633 g/mol. The van der Waals surface area contributed by atoms with E-state index in [0.717, 1.165) is 27.6 Å². The quantitative estimate of drug-likeness (QED) is 0.223. The number of para-hydroxylation sites is 1. The van der Waals surface area contributed by atoms with Crippen LogP contribution in [0.15, 0.2) is 76.2 Å². The third kappa shape index (κ3) is 5.37. The molecule has 11 heteroatoms. The Labute approximate surface area is 239 Å². The highest BCUT2D eigenvalue weighted by Crippen LogP contribution is 2.35. The fourth-order valence-electron chi connectivity index (χ4n) is 4.07. The highest BCUT2D eigenvalue weighted by molar-refractivity contribution is 9.10. The molecule has 0 bridgehead atoms. The Morgan fingerprint density at radius 1 is 1.05 bits per heavy atom. The normalized spacial score (nSPS) is 14.6. The molecule has 1 aliphatic rings. The van der Waals surface area contributed by atoms with Gasteiger partial charge in [-0.25, -0.2) is 4.39 Å². The number of rotatable bonds is 6. The third-order valence-corrected chi connectivity index (χ3v) is 8.37. The fraction of sp³-hybridized carbons (Fsp3) is 0.0741. The first-order valence-corrected chi connectivity index (χ1v) is 13.6. The van der Waals surface area contributed by atoms with Crippen LogP contribution in [-0.4, -0.2) is 33.1 Å². The lowest BCUT2D eigenvalue weighted by atomic mass is 10.1. The molecule has 1 fully saturated rings. The van der Waals surface area contributed by atoms with Gasteiger partial charge in [-0.2, -0.15) is 0 Å². The standard InChI is InChI=1S/C27H17BrCl2FN3O3S/c28-19-9-8-16(11-21(19)30)32-25(35)14-34-26(36)24(38-27(34)37)10-15-12-33(23-7-2-1-4-17(15)23)13-18-20(29)5-3-6-22(18)31/h1-12H,13-14H2,(H,32,35)/b24-10+. The van der Waals surface area contributed by atoms with Crippen molar-refractivity contribution in [2.75, 3.05) is 11.9 Å².